The van der Waals surface area contributed by atoms with E-state index in [0.29, 0.717) is 24.3 Å². The number of nitrogens with zero attached hydrogens (tertiary/aromatic N) is 6. The van der Waals surface area contributed by atoms with Gasteiger partial charge < -0.3 is 27.8 Å². The van der Waals surface area contributed by atoms with Crippen molar-refractivity contribution in [1.82, 2.24) is 4.48 Å². The number of allylic oxidation sites excluding steroid dienone is 3. The van der Waals surface area contributed by atoms with Crippen molar-refractivity contribution in [2.45, 2.75) is 40.5 Å². The molecule has 61 heavy (non-hydrogen) atoms. The Morgan fingerprint density at radius 3 is 1.57 bits per heavy atom. The molecule has 3 heterocycles. The van der Waals surface area contributed by atoms with E-state index in [-0.39, 0.29) is 44.1 Å². The van der Waals surface area contributed by atoms with E-state index < -0.39 is 135 Å². The van der Waals surface area contributed by atoms with Crippen LogP contribution in [0.25, 0.3) is 23.8 Å². The zero-order chi connectivity index (χ0) is 45.3. The van der Waals surface area contributed by atoms with Crippen molar-refractivity contribution in [3.05, 3.63) is 156 Å². The maximum absolute atomic E-state index is 17.8. The fourth-order valence-electron chi connectivity index (χ4n) is 7.70. The second kappa shape index (κ2) is 15.2. The van der Waals surface area contributed by atoms with Crippen LogP contribution in [0.15, 0.2) is 47.2 Å². The van der Waals surface area contributed by atoms with Crippen molar-refractivity contribution in [2.75, 3.05) is 0 Å². The molecule has 3 aromatic carbocycles. The molecule has 0 saturated heterocycles. The van der Waals surface area contributed by atoms with Crippen molar-refractivity contribution < 1.29 is 65.0 Å². The molecular weight excluding hydrogens is 832 g/mol. The Kier molecular flexibility index (Phi) is 10.7. The largest absolute Gasteiger partial charge is 0.737 e. The van der Waals surface area contributed by atoms with Gasteiger partial charge in [0.15, 0.2) is 34.7 Å². The number of benzene rings is 3. The van der Waals surface area contributed by atoms with E-state index >= 15 is 26.2 Å². The first-order chi connectivity index (χ1) is 28.5. The summed E-state index contributed by atoms with van der Waals surface area (Å²) in [7, 11) is 0. The molecule has 0 atom stereocenters. The van der Waals surface area contributed by atoms with E-state index in [0.717, 1.165) is 24.3 Å². The van der Waals surface area contributed by atoms with Gasteiger partial charge in [-0.2, -0.15) is 0 Å². The predicted molar refractivity (Wildman–Crippen MR) is 203 cm³/mol. The first-order valence-corrected chi connectivity index (χ1v) is 17.6. The molecule has 0 unspecified atom stereocenters. The third-order valence-electron chi connectivity index (χ3n) is 10.4. The lowest BCUT2D eigenvalue weighted by molar-refractivity contribution is -0.395. The molecule has 0 bridgehead atoms. The highest BCUT2D eigenvalue weighted by Gasteiger charge is 2.58. The number of fused-ring (bicyclic) bond motifs is 2. The van der Waals surface area contributed by atoms with Gasteiger partial charge in [0.1, 0.15) is 0 Å². The molecule has 2 aliphatic rings. The Morgan fingerprint density at radius 1 is 0.689 bits per heavy atom. The number of phenols is 2. The lowest BCUT2D eigenvalue weighted by Gasteiger charge is -2.34. The van der Waals surface area contributed by atoms with Gasteiger partial charge in [0.2, 0.25) is 17.3 Å². The highest BCUT2D eigenvalue weighted by atomic mass is 19.2. The van der Waals surface area contributed by atoms with E-state index in [1.165, 1.54) is 27.7 Å². The van der Waals surface area contributed by atoms with Gasteiger partial charge in [-0.1, -0.05) is 13.8 Å². The molecule has 1 aromatic heterocycles. The van der Waals surface area contributed by atoms with E-state index in [9.17, 15) is 55.1 Å². The Bertz CT molecular complexity index is 2860. The number of aromatic hydroxyl groups is 2. The van der Waals surface area contributed by atoms with Crippen LogP contribution < -0.4 is 0 Å². The average Bonchev–Trinajstić information content (AvgIpc) is 3.66. The molecule has 0 fully saturated rings. The number of phenolic OH excluding ortho intramolecular Hbond substituents is 2. The SMILES string of the molecule is CCC1=C(C)C2=C(c3c(F)c(F)c(F)c(F)c3F)c3c(C)c(CC)c(/C=C/c4cc([N+](=O)[O-])cc([N+](=O)[O-])c4O)n3[B-](F)(F)[N+]2=C1/C=C/c1cc([N+](=O)[O-])cc([N+](=O)[O-])c1O. The average molecular weight is 858 g/mol. The van der Waals surface area contributed by atoms with Crippen molar-refractivity contribution in [2.24, 2.45) is 0 Å². The maximum Gasteiger partial charge on any atom is 0.737 e. The van der Waals surface area contributed by atoms with Gasteiger partial charge in [0, 0.05) is 51.9 Å². The zero-order valence-corrected chi connectivity index (χ0v) is 31.6. The predicted octanol–water partition coefficient (Wildman–Crippen LogP) is 9.17. The molecule has 6 rings (SSSR count). The number of aromatic nitrogens is 1. The van der Waals surface area contributed by atoms with Crippen LogP contribution in [-0.4, -0.2) is 51.6 Å². The third kappa shape index (κ3) is 6.55. The first kappa shape index (κ1) is 42.9. The van der Waals surface area contributed by atoms with Crippen LogP contribution >= 0.6 is 0 Å². The van der Waals surface area contributed by atoms with Crippen molar-refractivity contribution in [3.8, 4) is 11.5 Å². The zero-order valence-electron chi connectivity index (χ0n) is 31.6. The molecule has 16 nitrogen and oxygen atoms in total. The van der Waals surface area contributed by atoms with Gasteiger partial charge in [-0.3, -0.25) is 40.5 Å². The molecule has 24 heteroatoms. The van der Waals surface area contributed by atoms with Gasteiger partial charge in [-0.05, 0) is 56.0 Å². The molecule has 0 radical (unpaired) electrons. The molecule has 0 amide bonds. The number of halogens is 7. The smallest absolute Gasteiger partial charge is 0.502 e. The summed E-state index contributed by atoms with van der Waals surface area (Å²) < 4.78 is 113. The van der Waals surface area contributed by atoms with Gasteiger partial charge in [0.25, 0.3) is 11.4 Å². The summed E-state index contributed by atoms with van der Waals surface area (Å²) in [6.45, 7) is -0.114. The number of rotatable bonds is 11. The van der Waals surface area contributed by atoms with Crippen LogP contribution in [0.2, 0.25) is 0 Å². The summed E-state index contributed by atoms with van der Waals surface area (Å²) in [5.41, 5.74) is -10.9. The summed E-state index contributed by atoms with van der Waals surface area (Å²) in [6, 6.07) is 2.25. The highest BCUT2D eigenvalue weighted by molar-refractivity contribution is 6.59. The first-order valence-electron chi connectivity index (χ1n) is 17.6. The number of nitro benzene ring substituents is 4. The van der Waals surface area contributed by atoms with E-state index in [1.807, 2.05) is 0 Å². The Hall–Kier alpha value is -7.66. The minimum atomic E-state index is -5.43. The topological polar surface area (TPSA) is 221 Å². The molecule has 4 aromatic rings. The van der Waals surface area contributed by atoms with E-state index in [1.54, 1.807) is 0 Å². The van der Waals surface area contributed by atoms with Crippen LogP contribution in [0.3, 0.4) is 0 Å². The normalized spacial score (nSPS) is 14.7. The highest BCUT2D eigenvalue weighted by Crippen LogP contribution is 2.50. The monoisotopic (exact) mass is 858 g/mol. The van der Waals surface area contributed by atoms with Crippen molar-refractivity contribution in [1.29, 1.82) is 0 Å². The maximum atomic E-state index is 17.8. The minimum absolute atomic E-state index is 0.0429. The Labute approximate surface area is 336 Å². The van der Waals surface area contributed by atoms with Gasteiger partial charge in [-0.25, -0.2) is 22.0 Å². The van der Waals surface area contributed by atoms with Crippen LogP contribution in [0.4, 0.5) is 53.3 Å². The summed E-state index contributed by atoms with van der Waals surface area (Å²) in [5, 5.41) is 67.8. The second-order valence-corrected chi connectivity index (χ2v) is 13.5. The molecule has 0 saturated carbocycles. The lowest BCUT2D eigenvalue weighted by atomic mass is 9.83. The molecule has 2 N–H and O–H groups in total. The number of non-ortho nitro benzene ring substituents is 2. The quantitative estimate of drug-likeness (QED) is 0.0363. The van der Waals surface area contributed by atoms with Gasteiger partial charge in [-0.15, -0.1) is 0 Å². The van der Waals surface area contributed by atoms with E-state index in [4.69, 9.17) is 0 Å². The standard InChI is InChI=1S/C37H26BF7N6O10/c1-5-21-15(3)34-28(27-29(39)31(41)33(43)32(42)30(27)40)35-16(4)22(6-2)24(10-8-18-12-20(49(56)57)14-26(37(18)53)51(60)61)47(35)38(44,45)46(34)23(21)9-7-17-11-19(48(54)55)13-25(36(17)52)50(58)59/h7-14,52-53H,5-6H2,1-4H3/b9-7+,10-8+. The number of nitro groups is 4. The fourth-order valence-corrected chi connectivity index (χ4v) is 7.70. The molecule has 0 aliphatic carbocycles. The lowest BCUT2D eigenvalue weighted by Crippen LogP contribution is -2.52. The van der Waals surface area contributed by atoms with Crippen molar-refractivity contribution in [3.63, 3.8) is 0 Å². The van der Waals surface area contributed by atoms with Crippen LogP contribution in [0.5, 0.6) is 11.5 Å². The Balaban J connectivity index is 1.79. The van der Waals surface area contributed by atoms with E-state index in [2.05, 4.69) is 0 Å². The van der Waals surface area contributed by atoms with Crippen LogP contribution in [0, 0.1) is 76.5 Å². The van der Waals surface area contributed by atoms with Crippen LogP contribution in [-0.2, 0) is 6.42 Å². The Morgan fingerprint density at radius 2 is 1.15 bits per heavy atom. The summed E-state index contributed by atoms with van der Waals surface area (Å²) in [4.78, 5) is 42.1. The summed E-state index contributed by atoms with van der Waals surface area (Å²) in [6.07, 6.45) is 2.95. The number of hydrogen-bond donors (Lipinski definition) is 2. The van der Waals surface area contributed by atoms with Crippen molar-refractivity contribution >= 4 is 59.2 Å². The third-order valence-corrected chi connectivity index (χ3v) is 10.4. The minimum Gasteiger partial charge on any atom is -0.502 e. The molecule has 316 valence electrons. The fraction of sp³-hybridized carbons (Fsp3) is 0.162. The number of hydrogen-bond acceptors (Lipinski definition) is 10. The summed E-state index contributed by atoms with van der Waals surface area (Å²) >= 11 is 0. The van der Waals surface area contributed by atoms with Crippen LogP contribution in [0.1, 0.15) is 66.4 Å². The van der Waals surface area contributed by atoms with Gasteiger partial charge in [0.05, 0.1) is 43.0 Å². The second-order valence-electron chi connectivity index (χ2n) is 13.5. The summed E-state index contributed by atoms with van der Waals surface area (Å²) in [5.74, 6) is -14.5. The molecule has 2 aliphatic heterocycles. The molecule has 0 spiro atoms. The van der Waals surface area contributed by atoms with Gasteiger partial charge >= 0.3 is 18.3 Å². The molecular formula is C37H26BF7N6O10.